The number of aliphatic hydroxyl groups excluding tert-OH is 1. The number of nitrogens with zero attached hydrogens (tertiary/aromatic N) is 2. The van der Waals surface area contributed by atoms with E-state index in [0.29, 0.717) is 5.92 Å². The summed E-state index contributed by atoms with van der Waals surface area (Å²) >= 11 is 0. The number of ketones is 1. The Morgan fingerprint density at radius 3 is 2.21 bits per heavy atom. The van der Waals surface area contributed by atoms with Crippen LogP contribution < -0.4 is 0 Å². The van der Waals surface area contributed by atoms with E-state index in [4.69, 9.17) is 9.97 Å². The van der Waals surface area contributed by atoms with Crippen molar-refractivity contribution in [2.75, 3.05) is 0 Å². The zero-order valence-corrected chi connectivity index (χ0v) is 28.7. The van der Waals surface area contributed by atoms with Gasteiger partial charge in [0.15, 0.2) is 5.78 Å². The zero-order valence-electron chi connectivity index (χ0n) is 26.3. The molecule has 0 bridgehead atoms. The van der Waals surface area contributed by atoms with Gasteiger partial charge >= 0.3 is 0 Å². The van der Waals surface area contributed by atoms with Crippen LogP contribution in [-0.4, -0.2) is 20.9 Å². The van der Waals surface area contributed by atoms with Gasteiger partial charge in [0, 0.05) is 66.7 Å². The van der Waals surface area contributed by atoms with Crippen molar-refractivity contribution >= 4 is 27.3 Å². The third-order valence-corrected chi connectivity index (χ3v) is 8.73. The van der Waals surface area contributed by atoms with Crippen molar-refractivity contribution in [2.24, 2.45) is 11.8 Å². The fourth-order valence-corrected chi connectivity index (χ4v) is 5.91. The fourth-order valence-electron chi connectivity index (χ4n) is 5.91. The second kappa shape index (κ2) is 14.1. The number of rotatable bonds is 8. The Morgan fingerprint density at radius 2 is 1.60 bits per heavy atom. The molecular weight excluding hydrogens is 697 g/mol. The molecule has 4 nitrogen and oxygen atoms in total. The number of carbonyl (C=O) groups is 1. The van der Waals surface area contributed by atoms with Crippen molar-refractivity contribution in [1.82, 2.24) is 9.97 Å². The molecule has 1 aliphatic rings. The molecule has 225 valence electrons. The minimum absolute atomic E-state index is 0. The molecule has 0 atom stereocenters. The molecule has 2 aromatic carbocycles. The first-order chi connectivity index (χ1) is 19.6. The van der Waals surface area contributed by atoms with Crippen LogP contribution in [-0.2, 0) is 30.3 Å². The number of fused-ring (bicyclic) bond motifs is 3. The molecule has 2 aromatic heterocycles. The van der Waals surface area contributed by atoms with Gasteiger partial charge in [-0.15, -0.1) is 23.6 Å². The summed E-state index contributed by atoms with van der Waals surface area (Å²) in [6.45, 7) is 17.0. The van der Waals surface area contributed by atoms with Crippen LogP contribution in [0.4, 0.5) is 0 Å². The summed E-state index contributed by atoms with van der Waals surface area (Å²) in [6.07, 6.45) is 6.82. The van der Waals surface area contributed by atoms with Crippen LogP contribution in [0.1, 0.15) is 104 Å². The maximum atomic E-state index is 11.7. The van der Waals surface area contributed by atoms with Crippen LogP contribution >= 0.6 is 0 Å². The average molecular weight is 742 g/mol. The van der Waals surface area contributed by atoms with Crippen molar-refractivity contribution in [1.29, 1.82) is 0 Å². The zero-order chi connectivity index (χ0) is 29.9. The molecule has 0 unspecified atom stereocenters. The van der Waals surface area contributed by atoms with Crippen LogP contribution in [0.25, 0.3) is 32.8 Å². The smallest absolute Gasteiger partial charge is 0.162 e. The van der Waals surface area contributed by atoms with Crippen LogP contribution in [0.2, 0.25) is 0 Å². The molecule has 0 saturated carbocycles. The van der Waals surface area contributed by atoms with E-state index in [0.717, 1.165) is 53.7 Å². The second-order valence-electron chi connectivity index (χ2n) is 12.1. The molecule has 1 aliphatic carbocycles. The minimum atomic E-state index is -0.185. The second-order valence-corrected chi connectivity index (χ2v) is 12.1. The van der Waals surface area contributed by atoms with E-state index in [2.05, 4.69) is 76.2 Å². The van der Waals surface area contributed by atoms with Crippen molar-refractivity contribution in [3.8, 4) is 11.3 Å². The van der Waals surface area contributed by atoms with Gasteiger partial charge in [-0.25, -0.2) is 0 Å². The predicted molar refractivity (Wildman–Crippen MR) is 171 cm³/mol. The third kappa shape index (κ3) is 6.53. The molecule has 0 spiro atoms. The number of hydrogen-bond acceptors (Lipinski definition) is 4. The Morgan fingerprint density at radius 1 is 0.952 bits per heavy atom. The first-order valence-electron chi connectivity index (χ1n) is 15.3. The first-order valence-corrected chi connectivity index (χ1v) is 15.3. The maximum Gasteiger partial charge on any atom is 0.162 e. The summed E-state index contributed by atoms with van der Waals surface area (Å²) in [7, 11) is 0. The maximum absolute atomic E-state index is 11.7. The van der Waals surface area contributed by atoms with Gasteiger partial charge in [-0.05, 0) is 54.5 Å². The number of aliphatic hydroxyl groups is 1. The van der Waals surface area contributed by atoms with Gasteiger partial charge in [-0.3, -0.25) is 14.8 Å². The normalized spacial score (nSPS) is 13.6. The van der Waals surface area contributed by atoms with E-state index in [1.54, 1.807) is 0 Å². The molecule has 42 heavy (non-hydrogen) atoms. The summed E-state index contributed by atoms with van der Waals surface area (Å²) in [6, 6.07) is 18.7. The quantitative estimate of drug-likeness (QED) is 0.111. The monoisotopic (exact) mass is 742 g/mol. The summed E-state index contributed by atoms with van der Waals surface area (Å²) in [4.78, 5) is 21.6. The number of hydrogen-bond donors (Lipinski definition) is 1. The minimum Gasteiger partial charge on any atom is -0.512 e. The molecule has 5 rings (SSSR count). The van der Waals surface area contributed by atoms with E-state index in [-0.39, 0.29) is 48.9 Å². The summed E-state index contributed by atoms with van der Waals surface area (Å²) < 4.78 is 0. The number of pyridine rings is 2. The molecule has 0 fully saturated rings. The van der Waals surface area contributed by atoms with E-state index in [1.807, 2.05) is 33.9 Å². The number of benzene rings is 2. The van der Waals surface area contributed by atoms with Crippen LogP contribution in [0.15, 0.2) is 60.5 Å². The molecular formula is C37H45IrN2O2-. The fraction of sp³-hybridized carbons (Fsp3) is 0.432. The van der Waals surface area contributed by atoms with Gasteiger partial charge in [0.05, 0.1) is 5.76 Å². The van der Waals surface area contributed by atoms with Crippen LogP contribution in [0.5, 0.6) is 0 Å². The Kier molecular flexibility index (Phi) is 11.3. The van der Waals surface area contributed by atoms with E-state index in [9.17, 15) is 9.90 Å². The van der Waals surface area contributed by atoms with E-state index >= 15 is 0 Å². The van der Waals surface area contributed by atoms with Gasteiger partial charge in [0.25, 0.3) is 0 Å². The van der Waals surface area contributed by atoms with Crippen molar-refractivity contribution < 1.29 is 30.0 Å². The van der Waals surface area contributed by atoms with Crippen LogP contribution in [0.3, 0.4) is 0 Å². The molecule has 1 N–H and O–H groups in total. The topological polar surface area (TPSA) is 63.1 Å². The Bertz CT molecular complexity index is 1580. The average Bonchev–Trinajstić information content (AvgIpc) is 2.96. The third-order valence-electron chi connectivity index (χ3n) is 8.73. The van der Waals surface area contributed by atoms with Gasteiger partial charge in [-0.1, -0.05) is 90.1 Å². The molecule has 4 aromatic rings. The number of aromatic nitrogens is 2. The van der Waals surface area contributed by atoms with Gasteiger partial charge < -0.3 is 5.11 Å². The molecule has 0 aliphatic heterocycles. The van der Waals surface area contributed by atoms with Crippen molar-refractivity contribution in [2.45, 2.75) is 92.4 Å². The van der Waals surface area contributed by atoms with E-state index in [1.165, 1.54) is 27.8 Å². The Labute approximate surface area is 265 Å². The summed E-state index contributed by atoms with van der Waals surface area (Å²) in [5.74, 6) is 0.943. The number of carbonyl (C=O) groups excluding carboxylic acids is 1. The van der Waals surface area contributed by atoms with Gasteiger partial charge in [0.1, 0.15) is 0 Å². The molecule has 0 saturated heterocycles. The van der Waals surface area contributed by atoms with E-state index < -0.39 is 0 Å². The SMILES string of the molecule is CC(C)c1cc2ccnc3c2c(n1)C(C)(C)c1cc2ccccc2[c-]c1-3.CCC(CC)C(=O)/C=C(\O)C(CC)CC.[Ir]. The molecule has 0 amide bonds. The summed E-state index contributed by atoms with van der Waals surface area (Å²) in [5.41, 5.74) is 5.49. The first kappa shape index (κ1) is 33.6. The number of allylic oxidation sites excluding steroid dienone is 2. The summed E-state index contributed by atoms with van der Waals surface area (Å²) in [5, 5.41) is 14.5. The van der Waals surface area contributed by atoms with Gasteiger partial charge in [0.2, 0.25) is 0 Å². The standard InChI is InChI=1S/C24H21N2.C13H24O2.Ir/c1-14(2)20-13-17-9-10-25-22-18-11-15-7-5-6-8-16(15)12-19(18)24(3,4)23(26-20)21(17)22;1-5-10(6-2)12(14)9-13(15)11(7-3)8-4;/h5-10,12-14H,1-4H3;9-11,14H,5-8H2,1-4H3;/q-1;;/b;12-9-;. The molecule has 5 heteroatoms. The molecule has 2 heterocycles. The van der Waals surface area contributed by atoms with Gasteiger partial charge in [-0.2, -0.15) is 0 Å². The predicted octanol–water partition coefficient (Wildman–Crippen LogP) is 9.88. The van der Waals surface area contributed by atoms with Crippen molar-refractivity contribution in [3.63, 3.8) is 0 Å². The Balaban J connectivity index is 0.000000263. The van der Waals surface area contributed by atoms with Crippen LogP contribution in [0, 0.1) is 17.9 Å². The Hall–Kier alpha value is -2.88. The van der Waals surface area contributed by atoms with Crippen molar-refractivity contribution in [3.05, 3.63) is 83.5 Å². The largest absolute Gasteiger partial charge is 0.512 e. The molecule has 1 radical (unpaired) electrons.